The van der Waals surface area contributed by atoms with Crippen LogP contribution in [0.15, 0.2) is 12.2 Å². The molecule has 3 aliphatic rings. The SMILES string of the molecule is CCC[C@@]1(O)[C@H]2O[C@H]2[C@H](O)[C@@H]2[C@H](O)C=CC[C@@]21O. The molecule has 0 radical (unpaired) electrons. The highest BCUT2D eigenvalue weighted by molar-refractivity contribution is 5.27. The van der Waals surface area contributed by atoms with Gasteiger partial charge in [0.05, 0.1) is 12.2 Å². The molecule has 0 bridgehead atoms. The fourth-order valence-corrected chi connectivity index (χ4v) is 3.83. The van der Waals surface area contributed by atoms with Gasteiger partial charge in [-0.15, -0.1) is 0 Å². The summed E-state index contributed by atoms with van der Waals surface area (Å²) in [6, 6.07) is 0. The summed E-state index contributed by atoms with van der Waals surface area (Å²) in [5.74, 6) is -0.789. The van der Waals surface area contributed by atoms with Crippen LogP contribution >= 0.6 is 0 Å². The molecule has 5 heteroatoms. The highest BCUT2D eigenvalue weighted by atomic mass is 16.6. The normalized spacial score (nSPS) is 57.9. The number of epoxide rings is 1. The van der Waals surface area contributed by atoms with Crippen molar-refractivity contribution in [3.05, 3.63) is 12.2 Å². The Labute approximate surface area is 106 Å². The summed E-state index contributed by atoms with van der Waals surface area (Å²) >= 11 is 0. The highest BCUT2D eigenvalue weighted by Gasteiger charge is 2.74. The van der Waals surface area contributed by atoms with Crippen molar-refractivity contribution in [2.45, 2.75) is 61.8 Å². The molecule has 7 atom stereocenters. The molecule has 2 aliphatic carbocycles. The van der Waals surface area contributed by atoms with Crippen LogP contribution in [0.4, 0.5) is 0 Å². The first-order valence-electron chi connectivity index (χ1n) is 6.58. The van der Waals surface area contributed by atoms with E-state index in [0.29, 0.717) is 12.8 Å². The molecule has 18 heavy (non-hydrogen) atoms. The van der Waals surface area contributed by atoms with E-state index in [4.69, 9.17) is 4.74 Å². The fraction of sp³-hybridized carbons (Fsp3) is 0.846. The summed E-state index contributed by atoms with van der Waals surface area (Å²) in [6.07, 6.45) is 1.69. The lowest BCUT2D eigenvalue weighted by molar-refractivity contribution is -0.236. The van der Waals surface area contributed by atoms with Gasteiger partial charge in [0.1, 0.15) is 23.4 Å². The van der Waals surface area contributed by atoms with Crippen LogP contribution in [0, 0.1) is 5.92 Å². The summed E-state index contributed by atoms with van der Waals surface area (Å²) in [6.45, 7) is 1.92. The predicted octanol–water partition coefficient (Wildman–Crippen LogP) is -0.672. The Bertz CT molecular complexity index is 384. The van der Waals surface area contributed by atoms with Gasteiger partial charge in [-0.2, -0.15) is 0 Å². The largest absolute Gasteiger partial charge is 0.390 e. The molecule has 1 saturated heterocycles. The van der Waals surface area contributed by atoms with Gasteiger partial charge < -0.3 is 25.2 Å². The van der Waals surface area contributed by atoms with E-state index in [9.17, 15) is 20.4 Å². The first-order chi connectivity index (χ1) is 8.45. The molecule has 0 unspecified atom stereocenters. The van der Waals surface area contributed by atoms with Gasteiger partial charge in [0.15, 0.2) is 0 Å². The maximum Gasteiger partial charge on any atom is 0.123 e. The quantitative estimate of drug-likeness (QED) is 0.388. The van der Waals surface area contributed by atoms with Gasteiger partial charge in [-0.05, 0) is 12.8 Å². The van der Waals surface area contributed by atoms with E-state index in [2.05, 4.69) is 0 Å². The first kappa shape index (κ1) is 12.6. The van der Waals surface area contributed by atoms with E-state index >= 15 is 0 Å². The molecule has 0 amide bonds. The van der Waals surface area contributed by atoms with E-state index in [1.807, 2.05) is 6.92 Å². The zero-order chi connectivity index (χ0) is 13.1. The first-order valence-corrected chi connectivity index (χ1v) is 6.58. The molecule has 4 N–H and O–H groups in total. The van der Waals surface area contributed by atoms with E-state index in [-0.39, 0.29) is 6.42 Å². The Morgan fingerprint density at radius 1 is 1.33 bits per heavy atom. The summed E-state index contributed by atoms with van der Waals surface area (Å²) in [5.41, 5.74) is -2.91. The maximum absolute atomic E-state index is 10.9. The average molecular weight is 256 g/mol. The maximum atomic E-state index is 10.9. The lowest BCUT2D eigenvalue weighted by Crippen LogP contribution is -2.71. The lowest BCUT2D eigenvalue weighted by atomic mass is 9.58. The van der Waals surface area contributed by atoms with Crippen LogP contribution in [-0.4, -0.2) is 56.0 Å². The van der Waals surface area contributed by atoms with Crippen molar-refractivity contribution in [3.63, 3.8) is 0 Å². The van der Waals surface area contributed by atoms with Crippen LogP contribution in [0.1, 0.15) is 26.2 Å². The van der Waals surface area contributed by atoms with E-state index in [1.165, 1.54) is 0 Å². The van der Waals surface area contributed by atoms with Crippen molar-refractivity contribution >= 4 is 0 Å². The lowest BCUT2D eigenvalue weighted by Gasteiger charge is -2.53. The number of aliphatic hydroxyl groups is 4. The van der Waals surface area contributed by atoms with Crippen molar-refractivity contribution in [2.24, 2.45) is 5.92 Å². The molecule has 0 aromatic rings. The minimum absolute atomic E-state index is 0.231. The second kappa shape index (κ2) is 3.77. The third kappa shape index (κ3) is 1.34. The van der Waals surface area contributed by atoms with Crippen molar-refractivity contribution in [1.29, 1.82) is 0 Å². The number of aliphatic hydroxyl groups excluding tert-OH is 2. The van der Waals surface area contributed by atoms with E-state index in [1.54, 1.807) is 12.2 Å². The van der Waals surface area contributed by atoms with Gasteiger partial charge in [-0.3, -0.25) is 0 Å². The van der Waals surface area contributed by atoms with Crippen molar-refractivity contribution < 1.29 is 25.2 Å². The second-order valence-corrected chi connectivity index (χ2v) is 5.76. The van der Waals surface area contributed by atoms with Gasteiger partial charge >= 0.3 is 0 Å². The average Bonchev–Trinajstić information content (AvgIpc) is 3.07. The van der Waals surface area contributed by atoms with Gasteiger partial charge in [0.2, 0.25) is 0 Å². The molecular weight excluding hydrogens is 236 g/mol. The Kier molecular flexibility index (Phi) is 2.63. The van der Waals surface area contributed by atoms with Crippen LogP contribution < -0.4 is 0 Å². The van der Waals surface area contributed by atoms with Crippen LogP contribution in [0.3, 0.4) is 0 Å². The van der Waals surface area contributed by atoms with Gasteiger partial charge in [-0.25, -0.2) is 0 Å². The van der Waals surface area contributed by atoms with Crippen LogP contribution in [0.25, 0.3) is 0 Å². The third-order valence-corrected chi connectivity index (χ3v) is 4.76. The molecular formula is C13H20O5. The zero-order valence-electron chi connectivity index (χ0n) is 10.4. The van der Waals surface area contributed by atoms with E-state index in [0.717, 1.165) is 0 Å². The topological polar surface area (TPSA) is 93.5 Å². The molecule has 1 heterocycles. The zero-order valence-corrected chi connectivity index (χ0v) is 10.4. The smallest absolute Gasteiger partial charge is 0.123 e. The predicted molar refractivity (Wildman–Crippen MR) is 62.7 cm³/mol. The number of hydrogen-bond donors (Lipinski definition) is 4. The number of hydrogen-bond acceptors (Lipinski definition) is 5. The standard InChI is InChI=1S/C13H20O5/c1-2-5-13(17)11-10(18-11)9(15)8-7(14)4-3-6-12(8,13)16/h3-4,7-11,14-17H,2,5-6H2,1H3/t7-,8+,9-,10+,11+,12-,13-/m1/s1. The van der Waals surface area contributed by atoms with Gasteiger partial charge in [-0.1, -0.05) is 25.5 Å². The summed E-state index contributed by atoms with van der Waals surface area (Å²) in [4.78, 5) is 0. The molecule has 102 valence electrons. The van der Waals surface area contributed by atoms with Crippen LogP contribution in [0.2, 0.25) is 0 Å². The molecule has 1 saturated carbocycles. The Hall–Kier alpha value is -0.460. The van der Waals surface area contributed by atoms with Crippen molar-refractivity contribution in [2.75, 3.05) is 0 Å². The number of rotatable bonds is 2. The minimum Gasteiger partial charge on any atom is -0.390 e. The van der Waals surface area contributed by atoms with Crippen molar-refractivity contribution in [1.82, 2.24) is 0 Å². The minimum atomic E-state index is -1.52. The Balaban J connectivity index is 2.04. The summed E-state index contributed by atoms with van der Waals surface area (Å²) < 4.78 is 5.36. The molecule has 0 spiro atoms. The number of ether oxygens (including phenoxy) is 1. The summed E-state index contributed by atoms with van der Waals surface area (Å²) in [5, 5.41) is 41.9. The number of fused-ring (bicyclic) bond motifs is 2. The van der Waals surface area contributed by atoms with Crippen LogP contribution in [0.5, 0.6) is 0 Å². The Morgan fingerprint density at radius 3 is 2.72 bits per heavy atom. The molecule has 1 aliphatic heterocycles. The highest BCUT2D eigenvalue weighted by Crippen LogP contribution is 2.56. The third-order valence-electron chi connectivity index (χ3n) is 4.76. The Morgan fingerprint density at radius 2 is 2.06 bits per heavy atom. The fourth-order valence-electron chi connectivity index (χ4n) is 3.83. The molecule has 2 fully saturated rings. The van der Waals surface area contributed by atoms with Crippen LogP contribution in [-0.2, 0) is 4.74 Å². The van der Waals surface area contributed by atoms with Gasteiger partial charge in [0.25, 0.3) is 0 Å². The van der Waals surface area contributed by atoms with Crippen molar-refractivity contribution in [3.8, 4) is 0 Å². The molecule has 3 rings (SSSR count). The second-order valence-electron chi connectivity index (χ2n) is 5.76. The molecule has 0 aromatic carbocycles. The van der Waals surface area contributed by atoms with E-state index < -0.39 is 41.5 Å². The summed E-state index contributed by atoms with van der Waals surface area (Å²) in [7, 11) is 0. The monoisotopic (exact) mass is 256 g/mol. The van der Waals surface area contributed by atoms with Gasteiger partial charge in [0, 0.05) is 5.92 Å². The molecule has 0 aromatic heterocycles. The molecule has 5 nitrogen and oxygen atoms in total.